The van der Waals surface area contributed by atoms with Gasteiger partial charge < -0.3 is 4.90 Å². The second kappa shape index (κ2) is 6.28. The zero-order valence-electron chi connectivity index (χ0n) is 11.2. The number of carbonyl (C=O) groups is 1. The molecule has 0 saturated carbocycles. The minimum atomic E-state index is 0.193. The second-order valence-corrected chi connectivity index (χ2v) is 5.84. The van der Waals surface area contributed by atoms with Crippen LogP contribution in [0.5, 0.6) is 0 Å². The van der Waals surface area contributed by atoms with E-state index in [4.69, 9.17) is 0 Å². The second-order valence-electron chi connectivity index (χ2n) is 4.97. The Balaban J connectivity index is 2.08. The molecule has 1 aliphatic heterocycles. The van der Waals surface area contributed by atoms with Crippen LogP contribution in [-0.2, 0) is 5.75 Å². The van der Waals surface area contributed by atoms with Crippen LogP contribution < -0.4 is 0 Å². The molecule has 2 rings (SSSR count). The summed E-state index contributed by atoms with van der Waals surface area (Å²) in [7, 11) is 0. The smallest absolute Gasteiger partial charge is 0.254 e. The van der Waals surface area contributed by atoms with E-state index in [9.17, 15) is 4.79 Å². The molecular weight excluding hydrogens is 242 g/mol. The molecule has 1 fully saturated rings. The summed E-state index contributed by atoms with van der Waals surface area (Å²) < 4.78 is 0. The molecule has 0 N–H and O–H groups in total. The highest BCUT2D eigenvalue weighted by Crippen LogP contribution is 2.20. The number of rotatable bonds is 3. The average Bonchev–Trinajstić information content (AvgIpc) is 2.40. The molecule has 1 amide bonds. The van der Waals surface area contributed by atoms with Crippen molar-refractivity contribution in [3.63, 3.8) is 0 Å². The molecule has 0 radical (unpaired) electrons. The maximum atomic E-state index is 12.4. The third kappa shape index (κ3) is 3.08. The largest absolute Gasteiger partial charge is 0.336 e. The van der Waals surface area contributed by atoms with E-state index in [1.807, 2.05) is 17.0 Å². The minimum Gasteiger partial charge on any atom is -0.336 e. The highest BCUT2D eigenvalue weighted by molar-refractivity contribution is 7.97. The molecule has 1 heterocycles. The molecule has 18 heavy (non-hydrogen) atoms. The van der Waals surface area contributed by atoms with Crippen molar-refractivity contribution in [3.05, 3.63) is 35.4 Å². The van der Waals surface area contributed by atoms with Crippen LogP contribution in [0.2, 0.25) is 0 Å². The summed E-state index contributed by atoms with van der Waals surface area (Å²) in [4.78, 5) is 14.4. The summed E-state index contributed by atoms with van der Waals surface area (Å²) >= 11 is 1.80. The van der Waals surface area contributed by atoms with Crippen LogP contribution in [0.25, 0.3) is 0 Å². The Morgan fingerprint density at radius 1 is 1.33 bits per heavy atom. The van der Waals surface area contributed by atoms with Crippen LogP contribution in [0.4, 0.5) is 0 Å². The summed E-state index contributed by atoms with van der Waals surface area (Å²) in [5, 5.41) is 0. The quantitative estimate of drug-likeness (QED) is 0.831. The molecule has 1 aliphatic rings. The van der Waals surface area contributed by atoms with Gasteiger partial charge in [0.05, 0.1) is 0 Å². The predicted octanol–water partition coefficient (Wildman–Crippen LogP) is 3.56. The summed E-state index contributed by atoms with van der Waals surface area (Å²) in [6.07, 6.45) is 5.61. The van der Waals surface area contributed by atoms with Crippen molar-refractivity contribution in [2.45, 2.75) is 38.0 Å². The average molecular weight is 263 g/mol. The normalized spacial score (nSPS) is 19.9. The number of likely N-dealkylation sites (tertiary alicyclic amines) is 1. The van der Waals surface area contributed by atoms with Gasteiger partial charge in [0.1, 0.15) is 0 Å². The maximum absolute atomic E-state index is 12.4. The first-order chi connectivity index (χ1) is 8.72. The van der Waals surface area contributed by atoms with E-state index in [0.29, 0.717) is 6.04 Å². The number of carbonyl (C=O) groups excluding carboxylic acids is 1. The standard InChI is InChI=1S/C15H21NOS/c1-12-5-3-4-10-16(12)15(17)14-8-6-13(7-9-14)11-18-2/h6-9,12H,3-5,10-11H2,1-2H3. The van der Waals surface area contributed by atoms with Crippen LogP contribution >= 0.6 is 11.8 Å². The number of nitrogens with zero attached hydrogens (tertiary/aromatic N) is 1. The lowest BCUT2D eigenvalue weighted by atomic mass is 10.0. The van der Waals surface area contributed by atoms with Gasteiger partial charge in [0, 0.05) is 23.9 Å². The number of benzene rings is 1. The summed E-state index contributed by atoms with van der Waals surface area (Å²) in [5.74, 6) is 1.20. The zero-order chi connectivity index (χ0) is 13.0. The van der Waals surface area contributed by atoms with Crippen molar-refractivity contribution in [1.29, 1.82) is 0 Å². The highest BCUT2D eigenvalue weighted by atomic mass is 32.2. The lowest BCUT2D eigenvalue weighted by Crippen LogP contribution is -2.42. The zero-order valence-corrected chi connectivity index (χ0v) is 12.0. The fourth-order valence-corrected chi connectivity index (χ4v) is 3.00. The summed E-state index contributed by atoms with van der Waals surface area (Å²) in [5.41, 5.74) is 2.11. The van der Waals surface area contributed by atoms with Gasteiger partial charge in [0.15, 0.2) is 0 Å². The van der Waals surface area contributed by atoms with Gasteiger partial charge in [-0.2, -0.15) is 11.8 Å². The number of hydrogen-bond donors (Lipinski definition) is 0. The molecule has 1 aromatic rings. The minimum absolute atomic E-state index is 0.193. The fraction of sp³-hybridized carbons (Fsp3) is 0.533. The molecule has 1 aromatic carbocycles. The Labute approximate surface area is 114 Å². The predicted molar refractivity (Wildman–Crippen MR) is 78.0 cm³/mol. The molecule has 1 saturated heterocycles. The third-order valence-electron chi connectivity index (χ3n) is 3.58. The highest BCUT2D eigenvalue weighted by Gasteiger charge is 2.23. The lowest BCUT2D eigenvalue weighted by Gasteiger charge is -2.33. The van der Waals surface area contributed by atoms with Crippen LogP contribution in [0.15, 0.2) is 24.3 Å². The van der Waals surface area contributed by atoms with E-state index in [1.54, 1.807) is 11.8 Å². The van der Waals surface area contributed by atoms with Gasteiger partial charge in [-0.3, -0.25) is 4.79 Å². The van der Waals surface area contributed by atoms with E-state index >= 15 is 0 Å². The summed E-state index contributed by atoms with van der Waals surface area (Å²) in [6, 6.07) is 8.46. The van der Waals surface area contributed by atoms with Crippen molar-refractivity contribution in [2.75, 3.05) is 12.8 Å². The maximum Gasteiger partial charge on any atom is 0.254 e. The molecule has 0 aliphatic carbocycles. The molecule has 1 unspecified atom stereocenters. The van der Waals surface area contributed by atoms with Crippen molar-refractivity contribution in [3.8, 4) is 0 Å². The van der Waals surface area contributed by atoms with E-state index in [1.165, 1.54) is 12.0 Å². The molecular formula is C15H21NOS. The van der Waals surface area contributed by atoms with Gasteiger partial charge in [-0.1, -0.05) is 12.1 Å². The first kappa shape index (κ1) is 13.5. The molecule has 1 atom stereocenters. The van der Waals surface area contributed by atoms with Crippen molar-refractivity contribution in [2.24, 2.45) is 0 Å². The van der Waals surface area contributed by atoms with Crippen molar-refractivity contribution in [1.82, 2.24) is 4.90 Å². The van der Waals surface area contributed by atoms with E-state index in [0.717, 1.165) is 30.7 Å². The van der Waals surface area contributed by atoms with Gasteiger partial charge in [-0.05, 0) is 50.1 Å². The lowest BCUT2D eigenvalue weighted by molar-refractivity contribution is 0.0635. The summed E-state index contributed by atoms with van der Waals surface area (Å²) in [6.45, 7) is 3.06. The van der Waals surface area contributed by atoms with Crippen LogP contribution in [0.3, 0.4) is 0 Å². The topological polar surface area (TPSA) is 20.3 Å². The Kier molecular flexibility index (Phi) is 4.70. The van der Waals surface area contributed by atoms with Gasteiger partial charge in [0.25, 0.3) is 5.91 Å². The van der Waals surface area contributed by atoms with Crippen LogP contribution in [0.1, 0.15) is 42.1 Å². The Morgan fingerprint density at radius 2 is 2.06 bits per heavy atom. The van der Waals surface area contributed by atoms with Crippen molar-refractivity contribution >= 4 is 17.7 Å². The fourth-order valence-electron chi connectivity index (χ4n) is 2.48. The van der Waals surface area contributed by atoms with E-state index in [-0.39, 0.29) is 5.91 Å². The number of piperidine rings is 1. The van der Waals surface area contributed by atoms with E-state index in [2.05, 4.69) is 25.3 Å². The monoisotopic (exact) mass is 263 g/mol. The Hall–Kier alpha value is -0.960. The molecule has 3 heteroatoms. The number of amides is 1. The molecule has 0 aromatic heterocycles. The van der Waals surface area contributed by atoms with E-state index < -0.39 is 0 Å². The van der Waals surface area contributed by atoms with Crippen LogP contribution in [-0.4, -0.2) is 29.6 Å². The van der Waals surface area contributed by atoms with Gasteiger partial charge in [-0.15, -0.1) is 0 Å². The number of hydrogen-bond acceptors (Lipinski definition) is 2. The first-order valence-corrected chi connectivity index (χ1v) is 8.00. The molecule has 0 bridgehead atoms. The molecule has 98 valence electrons. The molecule has 2 nitrogen and oxygen atoms in total. The third-order valence-corrected chi connectivity index (χ3v) is 4.20. The van der Waals surface area contributed by atoms with Gasteiger partial charge in [0.2, 0.25) is 0 Å². The molecule has 0 spiro atoms. The van der Waals surface area contributed by atoms with Gasteiger partial charge in [-0.25, -0.2) is 0 Å². The van der Waals surface area contributed by atoms with Gasteiger partial charge >= 0.3 is 0 Å². The SMILES string of the molecule is CSCc1ccc(C(=O)N2CCCCC2C)cc1. The van der Waals surface area contributed by atoms with Crippen LogP contribution in [0, 0.1) is 0 Å². The number of thioether (sulfide) groups is 1. The van der Waals surface area contributed by atoms with Crippen molar-refractivity contribution < 1.29 is 4.79 Å². The Bertz CT molecular complexity index is 401. The first-order valence-electron chi connectivity index (χ1n) is 6.61. The Morgan fingerprint density at radius 3 is 2.67 bits per heavy atom.